The maximum absolute atomic E-state index is 13.2. The Hall–Kier alpha value is -1.02. The molecule has 0 aromatic heterocycles. The number of nitrogens with one attached hydrogen (secondary N) is 1. The van der Waals surface area contributed by atoms with E-state index in [9.17, 15) is 22.8 Å². The van der Waals surface area contributed by atoms with Gasteiger partial charge >= 0.3 is 12.2 Å². The van der Waals surface area contributed by atoms with Gasteiger partial charge in [-0.3, -0.25) is 9.69 Å². The first-order valence-corrected chi connectivity index (χ1v) is 9.24. The minimum Gasteiger partial charge on any atom is -0.317 e. The molecule has 1 saturated carbocycles. The van der Waals surface area contributed by atoms with E-state index in [1.165, 1.54) is 4.90 Å². The van der Waals surface area contributed by atoms with Crippen molar-refractivity contribution in [2.24, 2.45) is 5.92 Å². The van der Waals surface area contributed by atoms with E-state index in [-0.39, 0.29) is 50.0 Å². The Bertz CT molecular complexity index is 528. The Morgan fingerprint density at radius 1 is 1.12 bits per heavy atom. The lowest BCUT2D eigenvalue weighted by Crippen LogP contribution is -2.50. The second-order valence-corrected chi connectivity index (χ2v) is 7.38. The van der Waals surface area contributed by atoms with Crippen LogP contribution >= 0.6 is 12.4 Å². The predicted molar refractivity (Wildman–Crippen MR) is 93.1 cm³/mol. The maximum Gasteiger partial charge on any atom is 0.391 e. The van der Waals surface area contributed by atoms with E-state index in [2.05, 4.69) is 5.32 Å². The third kappa shape index (κ3) is 3.54. The van der Waals surface area contributed by atoms with E-state index in [1.807, 2.05) is 6.92 Å². The zero-order valence-corrected chi connectivity index (χ0v) is 15.8. The van der Waals surface area contributed by atoms with Crippen LogP contribution in [0.4, 0.5) is 18.0 Å². The molecule has 1 atom stereocenters. The average Bonchev–Trinajstić information content (AvgIpc) is 2.74. The summed E-state index contributed by atoms with van der Waals surface area (Å²) in [5, 5.41) is 3.26. The largest absolute Gasteiger partial charge is 0.391 e. The molecule has 5 nitrogen and oxygen atoms in total. The summed E-state index contributed by atoms with van der Waals surface area (Å²) in [6.45, 7) is 3.79. The summed E-state index contributed by atoms with van der Waals surface area (Å²) in [7, 11) is 0. The van der Waals surface area contributed by atoms with Gasteiger partial charge in [0.05, 0.1) is 5.92 Å². The van der Waals surface area contributed by atoms with E-state index >= 15 is 0 Å². The van der Waals surface area contributed by atoms with Crippen LogP contribution in [0.15, 0.2) is 0 Å². The molecule has 2 saturated heterocycles. The monoisotopic (exact) mass is 397 g/mol. The Morgan fingerprint density at radius 3 is 2.35 bits per heavy atom. The fourth-order valence-corrected chi connectivity index (χ4v) is 4.70. The first kappa shape index (κ1) is 21.3. The second kappa shape index (κ2) is 7.92. The number of halogens is 4. The summed E-state index contributed by atoms with van der Waals surface area (Å²) in [5.41, 5.74) is -0.809. The van der Waals surface area contributed by atoms with Gasteiger partial charge in [-0.2, -0.15) is 13.2 Å². The van der Waals surface area contributed by atoms with Gasteiger partial charge in [0.1, 0.15) is 5.54 Å². The minimum absolute atomic E-state index is 0. The molecule has 150 valence electrons. The first-order valence-electron chi connectivity index (χ1n) is 9.24. The number of likely N-dealkylation sites (N-methyl/N-ethyl adjacent to an activating group) is 1. The summed E-state index contributed by atoms with van der Waals surface area (Å²) < 4.78 is 38.7. The molecule has 0 aromatic carbocycles. The zero-order valence-electron chi connectivity index (χ0n) is 15.0. The van der Waals surface area contributed by atoms with E-state index in [0.29, 0.717) is 25.9 Å². The molecule has 1 aliphatic carbocycles. The third-order valence-electron chi connectivity index (χ3n) is 6.07. The molecule has 1 spiro atoms. The van der Waals surface area contributed by atoms with E-state index in [1.54, 1.807) is 4.90 Å². The SMILES string of the molecule is CCN1C(=O)N(C2CCC(C(F)(F)F)CC2)C(=O)C12CCCNCC2.Cl. The van der Waals surface area contributed by atoms with Gasteiger partial charge in [-0.15, -0.1) is 12.4 Å². The van der Waals surface area contributed by atoms with Crippen LogP contribution in [-0.4, -0.2) is 59.1 Å². The number of imide groups is 1. The van der Waals surface area contributed by atoms with Crippen molar-refractivity contribution < 1.29 is 22.8 Å². The van der Waals surface area contributed by atoms with Crippen molar-refractivity contribution in [1.29, 1.82) is 0 Å². The van der Waals surface area contributed by atoms with Crippen molar-refractivity contribution in [3.63, 3.8) is 0 Å². The number of urea groups is 1. The van der Waals surface area contributed by atoms with Crippen LogP contribution in [0.2, 0.25) is 0 Å². The molecular weight excluding hydrogens is 371 g/mol. The number of nitrogens with zero attached hydrogens (tertiary/aromatic N) is 2. The molecule has 1 N–H and O–H groups in total. The van der Waals surface area contributed by atoms with E-state index < -0.39 is 23.7 Å². The lowest BCUT2D eigenvalue weighted by Gasteiger charge is -2.34. The van der Waals surface area contributed by atoms with Crippen molar-refractivity contribution in [2.75, 3.05) is 19.6 Å². The van der Waals surface area contributed by atoms with Crippen LogP contribution in [0, 0.1) is 5.92 Å². The number of carbonyl (C=O) groups is 2. The van der Waals surface area contributed by atoms with Gasteiger partial charge < -0.3 is 10.2 Å². The minimum atomic E-state index is -4.19. The van der Waals surface area contributed by atoms with Gasteiger partial charge in [0.25, 0.3) is 5.91 Å². The molecule has 3 amide bonds. The zero-order chi connectivity index (χ0) is 18.2. The third-order valence-corrected chi connectivity index (χ3v) is 6.07. The van der Waals surface area contributed by atoms with Crippen LogP contribution in [0.5, 0.6) is 0 Å². The van der Waals surface area contributed by atoms with Gasteiger partial charge in [-0.25, -0.2) is 4.79 Å². The standard InChI is InChI=1S/C17H26F3N3O2.ClH/c1-2-22-15(25)23(13-6-4-12(5-7-13)17(18,19)20)14(24)16(22)8-3-10-21-11-9-16;/h12-13,21H,2-11H2,1H3;1H. The molecule has 0 radical (unpaired) electrons. The average molecular weight is 398 g/mol. The number of amides is 3. The molecule has 1 unspecified atom stereocenters. The molecule has 3 rings (SSSR count). The molecule has 3 aliphatic rings. The molecular formula is C17H27ClF3N3O2. The van der Waals surface area contributed by atoms with Crippen LogP contribution < -0.4 is 5.32 Å². The normalized spacial score (nSPS) is 33.4. The number of rotatable bonds is 2. The van der Waals surface area contributed by atoms with Crippen molar-refractivity contribution in [1.82, 2.24) is 15.1 Å². The van der Waals surface area contributed by atoms with Crippen LogP contribution in [0.25, 0.3) is 0 Å². The summed E-state index contributed by atoms with van der Waals surface area (Å²) in [6, 6.07) is -0.715. The summed E-state index contributed by atoms with van der Waals surface area (Å²) in [4.78, 5) is 29.0. The molecule has 9 heteroatoms. The Balaban J connectivity index is 0.00000243. The number of alkyl halides is 3. The summed E-state index contributed by atoms with van der Waals surface area (Å²) in [5.74, 6) is -1.51. The summed E-state index contributed by atoms with van der Waals surface area (Å²) >= 11 is 0. The van der Waals surface area contributed by atoms with Gasteiger partial charge in [0, 0.05) is 12.6 Å². The molecule has 2 aliphatic heterocycles. The van der Waals surface area contributed by atoms with Crippen molar-refractivity contribution in [2.45, 2.75) is 69.6 Å². The lowest BCUT2D eigenvalue weighted by molar-refractivity contribution is -0.184. The van der Waals surface area contributed by atoms with Gasteiger partial charge in [-0.05, 0) is 65.0 Å². The quantitative estimate of drug-likeness (QED) is 0.727. The van der Waals surface area contributed by atoms with Gasteiger partial charge in [0.15, 0.2) is 0 Å². The fourth-order valence-electron chi connectivity index (χ4n) is 4.70. The highest BCUT2D eigenvalue weighted by Crippen LogP contribution is 2.43. The fraction of sp³-hybridized carbons (Fsp3) is 0.882. The Kier molecular flexibility index (Phi) is 6.48. The predicted octanol–water partition coefficient (Wildman–Crippen LogP) is 3.33. The van der Waals surface area contributed by atoms with Crippen LogP contribution in [-0.2, 0) is 4.79 Å². The highest BCUT2D eigenvalue weighted by molar-refractivity contribution is 6.07. The Morgan fingerprint density at radius 2 is 1.77 bits per heavy atom. The molecule has 0 bridgehead atoms. The van der Waals surface area contributed by atoms with Crippen LogP contribution in [0.3, 0.4) is 0 Å². The first-order chi connectivity index (χ1) is 11.8. The highest BCUT2D eigenvalue weighted by Gasteiger charge is 2.58. The number of carbonyl (C=O) groups excluding carboxylic acids is 2. The molecule has 0 aromatic rings. The maximum atomic E-state index is 13.2. The number of hydrogen-bond donors (Lipinski definition) is 1. The van der Waals surface area contributed by atoms with Crippen molar-refractivity contribution >= 4 is 24.3 Å². The topological polar surface area (TPSA) is 52.7 Å². The molecule has 26 heavy (non-hydrogen) atoms. The summed E-state index contributed by atoms with van der Waals surface area (Å²) in [6.07, 6.45) is -1.72. The van der Waals surface area contributed by atoms with E-state index in [4.69, 9.17) is 0 Å². The molecule has 2 heterocycles. The molecule has 3 fully saturated rings. The second-order valence-electron chi connectivity index (χ2n) is 7.38. The lowest BCUT2D eigenvalue weighted by atomic mass is 9.84. The van der Waals surface area contributed by atoms with Gasteiger partial charge in [-0.1, -0.05) is 0 Å². The smallest absolute Gasteiger partial charge is 0.317 e. The highest BCUT2D eigenvalue weighted by atomic mass is 35.5. The van der Waals surface area contributed by atoms with Gasteiger partial charge in [0.2, 0.25) is 0 Å². The van der Waals surface area contributed by atoms with E-state index in [0.717, 1.165) is 13.0 Å². The van der Waals surface area contributed by atoms with Crippen molar-refractivity contribution in [3.8, 4) is 0 Å². The Labute approximate surface area is 158 Å². The van der Waals surface area contributed by atoms with Crippen molar-refractivity contribution in [3.05, 3.63) is 0 Å². The van der Waals surface area contributed by atoms with Crippen LogP contribution in [0.1, 0.15) is 51.9 Å². The number of hydrogen-bond acceptors (Lipinski definition) is 3.